The van der Waals surface area contributed by atoms with Gasteiger partial charge >= 0.3 is 0 Å². The molecule has 4 heteroatoms. The fourth-order valence-electron chi connectivity index (χ4n) is 2.63. The van der Waals surface area contributed by atoms with E-state index in [4.69, 9.17) is 11.6 Å². The summed E-state index contributed by atoms with van der Waals surface area (Å²) in [5, 5.41) is 12.6. The van der Waals surface area contributed by atoms with Crippen molar-refractivity contribution in [2.45, 2.75) is 44.9 Å². The number of carbonyl (C=O) groups excluding carboxylic acids is 1. The van der Waals surface area contributed by atoms with Crippen LogP contribution in [0.25, 0.3) is 0 Å². The molecule has 1 aliphatic rings. The summed E-state index contributed by atoms with van der Waals surface area (Å²) < 4.78 is 0. The van der Waals surface area contributed by atoms with E-state index in [1.54, 1.807) is 12.1 Å². The quantitative estimate of drug-likeness (QED) is 0.810. The maximum atomic E-state index is 12.0. The summed E-state index contributed by atoms with van der Waals surface area (Å²) in [4.78, 5) is 12.0. The zero-order valence-corrected chi connectivity index (χ0v) is 11.7. The number of nitrogens with one attached hydrogen (secondary N) is 1. The molecule has 0 aromatic heterocycles. The number of hydrogen-bond acceptors (Lipinski definition) is 2. The van der Waals surface area contributed by atoms with Gasteiger partial charge < -0.3 is 10.4 Å². The van der Waals surface area contributed by atoms with Gasteiger partial charge in [-0.25, -0.2) is 0 Å². The van der Waals surface area contributed by atoms with Crippen LogP contribution in [-0.2, 0) is 4.79 Å². The number of phenolic OH excluding ortho intramolecular Hbond substituents is 1. The van der Waals surface area contributed by atoms with Crippen molar-refractivity contribution < 1.29 is 9.90 Å². The number of rotatable bonds is 3. The van der Waals surface area contributed by atoms with Crippen LogP contribution in [0.5, 0.6) is 5.75 Å². The van der Waals surface area contributed by atoms with E-state index in [2.05, 4.69) is 5.32 Å². The van der Waals surface area contributed by atoms with E-state index in [0.29, 0.717) is 23.0 Å². The molecule has 3 nitrogen and oxygen atoms in total. The summed E-state index contributed by atoms with van der Waals surface area (Å²) in [5.41, 5.74) is 0.598. The van der Waals surface area contributed by atoms with Crippen LogP contribution >= 0.6 is 11.6 Å². The van der Waals surface area contributed by atoms with Gasteiger partial charge in [0, 0.05) is 18.2 Å². The Hall–Kier alpha value is -1.22. The van der Waals surface area contributed by atoms with E-state index in [0.717, 1.165) is 12.8 Å². The van der Waals surface area contributed by atoms with Gasteiger partial charge in [-0.05, 0) is 30.9 Å². The van der Waals surface area contributed by atoms with Crippen LogP contribution in [-0.4, -0.2) is 11.0 Å². The second-order valence-corrected chi connectivity index (χ2v) is 5.68. The van der Waals surface area contributed by atoms with Crippen LogP contribution in [0.15, 0.2) is 18.2 Å². The maximum absolute atomic E-state index is 12.0. The lowest BCUT2D eigenvalue weighted by atomic mass is 9.96. The van der Waals surface area contributed by atoms with Gasteiger partial charge in [0.1, 0.15) is 5.75 Å². The van der Waals surface area contributed by atoms with Crippen LogP contribution in [0.2, 0.25) is 5.02 Å². The number of amides is 1. The molecule has 0 bridgehead atoms. The number of carbonyl (C=O) groups is 1. The van der Waals surface area contributed by atoms with E-state index < -0.39 is 0 Å². The minimum atomic E-state index is -0.00562. The molecule has 19 heavy (non-hydrogen) atoms. The minimum absolute atomic E-state index is 0.00562. The number of hydrogen-bond donors (Lipinski definition) is 2. The third-order valence-corrected chi connectivity index (χ3v) is 4.00. The molecule has 1 amide bonds. The summed E-state index contributed by atoms with van der Waals surface area (Å²) in [6.07, 6.45) is 7.94. The normalized spacial score (nSPS) is 16.9. The second kappa shape index (κ2) is 6.80. The third-order valence-electron chi connectivity index (χ3n) is 3.68. The largest absolute Gasteiger partial charge is 0.506 e. The molecule has 2 rings (SSSR count). The Labute approximate surface area is 119 Å². The van der Waals surface area contributed by atoms with E-state index >= 15 is 0 Å². The first-order valence-corrected chi connectivity index (χ1v) is 7.31. The van der Waals surface area contributed by atoms with E-state index in [1.165, 1.54) is 31.7 Å². The average molecular weight is 282 g/mol. The topological polar surface area (TPSA) is 49.3 Å². The Morgan fingerprint density at radius 2 is 1.95 bits per heavy atom. The first kappa shape index (κ1) is 14.2. The molecule has 2 N–H and O–H groups in total. The molecular weight excluding hydrogens is 262 g/mol. The zero-order chi connectivity index (χ0) is 13.7. The molecule has 1 aromatic carbocycles. The number of aromatic hydroxyl groups is 1. The Balaban J connectivity index is 1.87. The number of halogens is 1. The van der Waals surface area contributed by atoms with Gasteiger partial charge in [-0.2, -0.15) is 0 Å². The Morgan fingerprint density at radius 1 is 1.26 bits per heavy atom. The van der Waals surface area contributed by atoms with E-state index in [9.17, 15) is 9.90 Å². The first-order valence-electron chi connectivity index (χ1n) is 6.93. The van der Waals surface area contributed by atoms with E-state index in [-0.39, 0.29) is 11.7 Å². The molecule has 1 aliphatic carbocycles. The Morgan fingerprint density at radius 3 is 2.58 bits per heavy atom. The lowest BCUT2D eigenvalue weighted by molar-refractivity contribution is -0.117. The molecule has 0 spiro atoms. The SMILES string of the molecule is O=C(CC1CCCCCC1)Nc1ccc(Cl)c(O)c1. The highest BCUT2D eigenvalue weighted by Crippen LogP contribution is 2.28. The predicted octanol–water partition coefficient (Wildman–Crippen LogP) is 4.34. The highest BCUT2D eigenvalue weighted by atomic mass is 35.5. The van der Waals surface area contributed by atoms with Crippen molar-refractivity contribution in [2.75, 3.05) is 5.32 Å². The third kappa shape index (κ3) is 4.43. The van der Waals surface area contributed by atoms with Gasteiger partial charge in [-0.3, -0.25) is 4.79 Å². The number of anilines is 1. The van der Waals surface area contributed by atoms with Crippen LogP contribution in [0.4, 0.5) is 5.69 Å². The summed E-state index contributed by atoms with van der Waals surface area (Å²) in [7, 11) is 0. The van der Waals surface area contributed by atoms with Crippen LogP contribution in [0, 0.1) is 5.92 Å². The average Bonchev–Trinajstić information content (AvgIpc) is 2.62. The summed E-state index contributed by atoms with van der Waals surface area (Å²) >= 11 is 5.73. The number of benzene rings is 1. The zero-order valence-electron chi connectivity index (χ0n) is 11.0. The predicted molar refractivity (Wildman–Crippen MR) is 77.6 cm³/mol. The van der Waals surface area contributed by atoms with Gasteiger partial charge in [-0.1, -0.05) is 37.3 Å². The molecule has 0 unspecified atom stereocenters. The van der Waals surface area contributed by atoms with Crippen molar-refractivity contribution in [3.05, 3.63) is 23.2 Å². The molecule has 0 radical (unpaired) electrons. The van der Waals surface area contributed by atoms with Gasteiger partial charge in [0.15, 0.2) is 0 Å². The van der Waals surface area contributed by atoms with Crippen LogP contribution in [0.1, 0.15) is 44.9 Å². The van der Waals surface area contributed by atoms with Crippen LogP contribution in [0.3, 0.4) is 0 Å². The molecule has 104 valence electrons. The van der Waals surface area contributed by atoms with E-state index in [1.807, 2.05) is 0 Å². The molecular formula is C15H20ClNO2. The summed E-state index contributed by atoms with van der Waals surface area (Å²) in [5.74, 6) is 0.519. The molecule has 0 saturated heterocycles. The van der Waals surface area contributed by atoms with Crippen molar-refractivity contribution in [2.24, 2.45) is 5.92 Å². The monoisotopic (exact) mass is 281 g/mol. The van der Waals surface area contributed by atoms with Gasteiger partial charge in [0.05, 0.1) is 5.02 Å². The Kier molecular flexibility index (Phi) is 5.08. The van der Waals surface area contributed by atoms with Crippen molar-refractivity contribution in [1.82, 2.24) is 0 Å². The highest BCUT2D eigenvalue weighted by Gasteiger charge is 2.16. The smallest absolute Gasteiger partial charge is 0.224 e. The maximum Gasteiger partial charge on any atom is 0.224 e. The lowest BCUT2D eigenvalue weighted by Gasteiger charge is -2.13. The van der Waals surface area contributed by atoms with Crippen molar-refractivity contribution >= 4 is 23.2 Å². The van der Waals surface area contributed by atoms with Crippen molar-refractivity contribution in [1.29, 1.82) is 0 Å². The molecule has 1 fully saturated rings. The minimum Gasteiger partial charge on any atom is -0.506 e. The van der Waals surface area contributed by atoms with Gasteiger partial charge in [0.2, 0.25) is 5.91 Å². The summed E-state index contributed by atoms with van der Waals surface area (Å²) in [6.45, 7) is 0. The van der Waals surface area contributed by atoms with Crippen molar-refractivity contribution in [3.8, 4) is 5.75 Å². The second-order valence-electron chi connectivity index (χ2n) is 5.28. The number of phenols is 1. The first-order chi connectivity index (χ1) is 9.15. The van der Waals surface area contributed by atoms with Gasteiger partial charge in [-0.15, -0.1) is 0 Å². The summed E-state index contributed by atoms with van der Waals surface area (Å²) in [6, 6.07) is 4.76. The molecule has 1 saturated carbocycles. The molecule has 1 aromatic rings. The van der Waals surface area contributed by atoms with Crippen molar-refractivity contribution in [3.63, 3.8) is 0 Å². The molecule has 0 aliphatic heterocycles. The van der Waals surface area contributed by atoms with Crippen LogP contribution < -0.4 is 5.32 Å². The highest BCUT2D eigenvalue weighted by molar-refractivity contribution is 6.32. The fourth-order valence-corrected chi connectivity index (χ4v) is 2.75. The molecule has 0 atom stereocenters. The van der Waals surface area contributed by atoms with Gasteiger partial charge in [0.25, 0.3) is 0 Å². The Bertz CT molecular complexity index is 440. The standard InChI is InChI=1S/C15H20ClNO2/c16-13-8-7-12(10-14(13)18)17-15(19)9-11-5-3-1-2-4-6-11/h7-8,10-11,18H,1-6,9H2,(H,17,19). The lowest BCUT2D eigenvalue weighted by Crippen LogP contribution is -2.16. The molecule has 0 heterocycles. The fraction of sp³-hybridized carbons (Fsp3) is 0.533.